The van der Waals surface area contributed by atoms with Crippen LogP contribution in [0.25, 0.3) is 0 Å². The van der Waals surface area contributed by atoms with Gasteiger partial charge in [0.1, 0.15) is 5.56 Å². The maximum atomic E-state index is 11.3. The molecule has 1 rings (SSSR count). The summed E-state index contributed by atoms with van der Waals surface area (Å²) in [5.41, 5.74) is 1.10. The van der Waals surface area contributed by atoms with E-state index in [4.69, 9.17) is 0 Å². The number of nitrogens with one attached hydrogen (secondary N) is 1. The number of H-pyrrole nitrogens is 1. The van der Waals surface area contributed by atoms with Crippen LogP contribution >= 0.6 is 0 Å². The molecule has 0 saturated carbocycles. The van der Waals surface area contributed by atoms with Crippen LogP contribution in [0, 0.1) is 0 Å². The standard InChI is InChI=1S/C9H14N2O2/c1-9(2,3)7-6(5-10-11-7)8(12)13-4/h5H,1-4H3,(H,10,11). The largest absolute Gasteiger partial charge is 0.465 e. The number of carbonyl (C=O) groups excluding carboxylic acids is 1. The van der Waals surface area contributed by atoms with Gasteiger partial charge in [-0.05, 0) is 0 Å². The Morgan fingerprint density at radius 3 is 2.62 bits per heavy atom. The maximum Gasteiger partial charge on any atom is 0.341 e. The van der Waals surface area contributed by atoms with Crippen molar-refractivity contribution in [3.8, 4) is 0 Å². The second kappa shape index (κ2) is 3.20. The Balaban J connectivity index is 3.10. The number of carbonyl (C=O) groups is 1. The fraction of sp³-hybridized carbons (Fsp3) is 0.556. The summed E-state index contributed by atoms with van der Waals surface area (Å²) in [6.45, 7) is 5.99. The van der Waals surface area contributed by atoms with Gasteiger partial charge in [0, 0.05) is 11.6 Å². The van der Waals surface area contributed by atoms with Crippen LogP contribution in [0.2, 0.25) is 0 Å². The van der Waals surface area contributed by atoms with Gasteiger partial charge >= 0.3 is 5.97 Å². The fourth-order valence-corrected chi connectivity index (χ4v) is 1.13. The first-order chi connectivity index (χ1) is 5.96. The summed E-state index contributed by atoms with van der Waals surface area (Å²) in [6, 6.07) is 0. The highest BCUT2D eigenvalue weighted by Gasteiger charge is 2.24. The third-order valence-electron chi connectivity index (χ3n) is 1.76. The van der Waals surface area contributed by atoms with Crippen molar-refractivity contribution in [2.75, 3.05) is 7.11 Å². The van der Waals surface area contributed by atoms with E-state index in [2.05, 4.69) is 14.9 Å². The van der Waals surface area contributed by atoms with Gasteiger partial charge in [0.2, 0.25) is 0 Å². The Bertz CT molecular complexity index is 310. The lowest BCUT2D eigenvalue weighted by atomic mass is 9.90. The van der Waals surface area contributed by atoms with E-state index < -0.39 is 0 Å². The van der Waals surface area contributed by atoms with Crippen molar-refractivity contribution in [1.82, 2.24) is 10.2 Å². The number of aromatic nitrogens is 2. The molecule has 0 radical (unpaired) electrons. The van der Waals surface area contributed by atoms with Crippen LogP contribution in [0.4, 0.5) is 0 Å². The van der Waals surface area contributed by atoms with Crippen molar-refractivity contribution in [1.29, 1.82) is 0 Å². The molecule has 1 aromatic rings. The molecule has 0 aromatic carbocycles. The number of hydrogen-bond acceptors (Lipinski definition) is 3. The van der Waals surface area contributed by atoms with Crippen molar-refractivity contribution in [2.45, 2.75) is 26.2 Å². The first kappa shape index (κ1) is 9.77. The molecule has 4 heteroatoms. The zero-order chi connectivity index (χ0) is 10.1. The Hall–Kier alpha value is -1.32. The lowest BCUT2D eigenvalue weighted by Gasteiger charge is -2.16. The SMILES string of the molecule is COC(=O)c1c[nH]nc1C(C)(C)C. The normalized spacial score (nSPS) is 11.4. The lowest BCUT2D eigenvalue weighted by Crippen LogP contribution is -2.17. The monoisotopic (exact) mass is 182 g/mol. The second-order valence-electron chi connectivity index (χ2n) is 3.89. The molecule has 1 N–H and O–H groups in total. The molecule has 0 amide bonds. The van der Waals surface area contributed by atoms with Gasteiger partial charge < -0.3 is 4.74 Å². The first-order valence-corrected chi connectivity index (χ1v) is 4.09. The minimum atomic E-state index is -0.348. The number of methoxy groups -OCH3 is 1. The summed E-state index contributed by atoms with van der Waals surface area (Å²) in [4.78, 5) is 11.3. The summed E-state index contributed by atoms with van der Waals surface area (Å²) >= 11 is 0. The highest BCUT2D eigenvalue weighted by molar-refractivity contribution is 5.90. The van der Waals surface area contributed by atoms with Gasteiger partial charge in [-0.2, -0.15) is 5.10 Å². The highest BCUT2D eigenvalue weighted by atomic mass is 16.5. The molecule has 4 nitrogen and oxygen atoms in total. The summed E-state index contributed by atoms with van der Waals surface area (Å²) in [5.74, 6) is -0.348. The van der Waals surface area contributed by atoms with E-state index in [1.54, 1.807) is 6.20 Å². The number of esters is 1. The van der Waals surface area contributed by atoms with Crippen molar-refractivity contribution in [3.05, 3.63) is 17.5 Å². The van der Waals surface area contributed by atoms with Gasteiger partial charge in [0.25, 0.3) is 0 Å². The molecule has 0 spiro atoms. The number of nitrogens with zero attached hydrogens (tertiary/aromatic N) is 1. The average molecular weight is 182 g/mol. The minimum absolute atomic E-state index is 0.149. The van der Waals surface area contributed by atoms with Crippen molar-refractivity contribution in [2.24, 2.45) is 0 Å². The second-order valence-corrected chi connectivity index (χ2v) is 3.89. The molecule has 0 aliphatic carbocycles. The van der Waals surface area contributed by atoms with Crippen LogP contribution in [-0.4, -0.2) is 23.3 Å². The topological polar surface area (TPSA) is 55.0 Å². The zero-order valence-corrected chi connectivity index (χ0v) is 8.34. The van der Waals surface area contributed by atoms with Crippen LogP contribution in [0.3, 0.4) is 0 Å². The molecule has 72 valence electrons. The summed E-state index contributed by atoms with van der Waals surface area (Å²) in [5, 5.41) is 6.70. The molecule has 0 atom stereocenters. The molecule has 0 fully saturated rings. The number of hydrogen-bond donors (Lipinski definition) is 1. The van der Waals surface area contributed by atoms with Gasteiger partial charge in [0.15, 0.2) is 0 Å². The number of aromatic amines is 1. The summed E-state index contributed by atoms with van der Waals surface area (Å²) < 4.78 is 4.63. The predicted octanol–water partition coefficient (Wildman–Crippen LogP) is 1.49. The molecule has 1 heterocycles. The number of ether oxygens (including phenoxy) is 1. The van der Waals surface area contributed by atoms with E-state index in [0.717, 1.165) is 5.69 Å². The van der Waals surface area contributed by atoms with Crippen molar-refractivity contribution < 1.29 is 9.53 Å². The Labute approximate surface area is 77.3 Å². The molecule has 0 unspecified atom stereocenters. The smallest absolute Gasteiger partial charge is 0.341 e. The summed E-state index contributed by atoms with van der Waals surface area (Å²) in [7, 11) is 1.36. The van der Waals surface area contributed by atoms with E-state index in [1.807, 2.05) is 20.8 Å². The molecule has 0 saturated heterocycles. The molecule has 0 aliphatic heterocycles. The predicted molar refractivity (Wildman–Crippen MR) is 48.6 cm³/mol. The number of rotatable bonds is 1. The van der Waals surface area contributed by atoms with E-state index in [-0.39, 0.29) is 11.4 Å². The van der Waals surface area contributed by atoms with Crippen LogP contribution in [-0.2, 0) is 10.2 Å². The van der Waals surface area contributed by atoms with Gasteiger partial charge in [-0.3, -0.25) is 5.10 Å². The fourth-order valence-electron chi connectivity index (χ4n) is 1.13. The van der Waals surface area contributed by atoms with Gasteiger partial charge in [-0.1, -0.05) is 20.8 Å². The quantitative estimate of drug-likeness (QED) is 0.669. The van der Waals surface area contributed by atoms with Gasteiger partial charge in [-0.15, -0.1) is 0 Å². The van der Waals surface area contributed by atoms with Gasteiger partial charge in [0.05, 0.1) is 12.8 Å². The first-order valence-electron chi connectivity index (χ1n) is 4.09. The average Bonchev–Trinajstić information content (AvgIpc) is 2.49. The zero-order valence-electron chi connectivity index (χ0n) is 8.34. The molecule has 0 aliphatic rings. The third-order valence-corrected chi connectivity index (χ3v) is 1.76. The lowest BCUT2D eigenvalue weighted by molar-refractivity contribution is 0.0598. The Morgan fingerprint density at radius 1 is 1.54 bits per heavy atom. The van der Waals surface area contributed by atoms with Crippen LogP contribution in [0.5, 0.6) is 0 Å². The van der Waals surface area contributed by atoms with Crippen molar-refractivity contribution >= 4 is 5.97 Å². The van der Waals surface area contributed by atoms with Crippen LogP contribution < -0.4 is 0 Å². The molecule has 13 heavy (non-hydrogen) atoms. The highest BCUT2D eigenvalue weighted by Crippen LogP contribution is 2.23. The molecular formula is C9H14N2O2. The minimum Gasteiger partial charge on any atom is -0.465 e. The molecule has 0 bridgehead atoms. The van der Waals surface area contributed by atoms with Crippen molar-refractivity contribution in [3.63, 3.8) is 0 Å². The van der Waals surface area contributed by atoms with E-state index in [9.17, 15) is 4.79 Å². The third kappa shape index (κ3) is 1.88. The molecule has 1 aromatic heterocycles. The van der Waals surface area contributed by atoms with Gasteiger partial charge in [-0.25, -0.2) is 4.79 Å². The van der Waals surface area contributed by atoms with E-state index in [0.29, 0.717) is 5.56 Å². The van der Waals surface area contributed by atoms with Crippen LogP contribution in [0.15, 0.2) is 6.20 Å². The van der Waals surface area contributed by atoms with E-state index >= 15 is 0 Å². The summed E-state index contributed by atoms with van der Waals surface area (Å²) in [6.07, 6.45) is 1.56. The Kier molecular flexibility index (Phi) is 2.40. The van der Waals surface area contributed by atoms with E-state index in [1.165, 1.54) is 7.11 Å². The maximum absolute atomic E-state index is 11.3. The Morgan fingerprint density at radius 2 is 2.15 bits per heavy atom. The molecular weight excluding hydrogens is 168 g/mol. The van der Waals surface area contributed by atoms with Crippen LogP contribution in [0.1, 0.15) is 36.8 Å².